The van der Waals surface area contributed by atoms with Gasteiger partial charge in [-0.2, -0.15) is 0 Å². The number of aliphatic hydroxyl groups is 1. The van der Waals surface area contributed by atoms with Gasteiger partial charge in [0.25, 0.3) is 0 Å². The lowest BCUT2D eigenvalue weighted by Crippen LogP contribution is -2.27. The van der Waals surface area contributed by atoms with Gasteiger partial charge >= 0.3 is 6.09 Å². The Labute approximate surface area is 95.2 Å². The fourth-order valence-electron chi connectivity index (χ4n) is 1.16. The van der Waals surface area contributed by atoms with Crippen molar-refractivity contribution in [2.75, 3.05) is 6.54 Å². The first-order valence-electron chi connectivity index (χ1n) is 5.31. The second kappa shape index (κ2) is 6.85. The summed E-state index contributed by atoms with van der Waals surface area (Å²) in [6.07, 6.45) is -0.334. The van der Waals surface area contributed by atoms with Crippen LogP contribution in [0.1, 0.15) is 18.9 Å². The number of hydrogen-bond donors (Lipinski definition) is 2. The van der Waals surface area contributed by atoms with Crippen LogP contribution in [0.15, 0.2) is 30.3 Å². The summed E-state index contributed by atoms with van der Waals surface area (Å²) in [4.78, 5) is 11.2. The Morgan fingerprint density at radius 1 is 1.44 bits per heavy atom. The molecule has 88 valence electrons. The lowest BCUT2D eigenvalue weighted by molar-refractivity contribution is 0.136. The Hall–Kier alpha value is -1.55. The molecule has 0 fully saturated rings. The third-order valence-corrected chi connectivity index (χ3v) is 2.04. The fraction of sp³-hybridized carbons (Fsp3) is 0.417. The molecule has 1 atom stereocenters. The first-order valence-corrected chi connectivity index (χ1v) is 5.31. The number of rotatable bonds is 5. The highest BCUT2D eigenvalue weighted by Gasteiger charge is 2.02. The molecule has 0 aliphatic heterocycles. The summed E-state index contributed by atoms with van der Waals surface area (Å²) in [7, 11) is 0. The molecule has 16 heavy (non-hydrogen) atoms. The van der Waals surface area contributed by atoms with E-state index in [1.165, 1.54) is 0 Å². The summed E-state index contributed by atoms with van der Waals surface area (Å²) in [5, 5.41) is 11.5. The molecule has 0 saturated heterocycles. The van der Waals surface area contributed by atoms with Crippen molar-refractivity contribution in [1.82, 2.24) is 5.32 Å². The van der Waals surface area contributed by atoms with Crippen LogP contribution in [-0.4, -0.2) is 23.8 Å². The highest BCUT2D eigenvalue weighted by molar-refractivity contribution is 5.67. The van der Waals surface area contributed by atoms with E-state index in [2.05, 4.69) is 5.32 Å². The fourth-order valence-corrected chi connectivity index (χ4v) is 1.16. The van der Waals surface area contributed by atoms with Crippen LogP contribution >= 0.6 is 0 Å². The quantitative estimate of drug-likeness (QED) is 0.798. The van der Waals surface area contributed by atoms with Crippen LogP contribution in [0, 0.1) is 0 Å². The van der Waals surface area contributed by atoms with Crippen molar-refractivity contribution in [3.8, 4) is 0 Å². The van der Waals surface area contributed by atoms with E-state index in [4.69, 9.17) is 9.84 Å². The van der Waals surface area contributed by atoms with Crippen molar-refractivity contribution in [1.29, 1.82) is 0 Å². The summed E-state index contributed by atoms with van der Waals surface area (Å²) in [5.41, 5.74) is 0.952. The van der Waals surface area contributed by atoms with Crippen molar-refractivity contribution in [3.05, 3.63) is 35.9 Å². The minimum Gasteiger partial charge on any atom is -0.445 e. The second-order valence-electron chi connectivity index (χ2n) is 3.63. The van der Waals surface area contributed by atoms with Gasteiger partial charge in [0.05, 0.1) is 6.10 Å². The van der Waals surface area contributed by atoms with Gasteiger partial charge in [-0.25, -0.2) is 4.79 Å². The Bertz CT molecular complexity index is 311. The zero-order valence-corrected chi connectivity index (χ0v) is 9.35. The van der Waals surface area contributed by atoms with Crippen LogP contribution in [-0.2, 0) is 11.3 Å². The largest absolute Gasteiger partial charge is 0.445 e. The van der Waals surface area contributed by atoms with Crippen molar-refractivity contribution >= 4 is 6.09 Å². The maximum Gasteiger partial charge on any atom is 0.407 e. The Balaban J connectivity index is 2.16. The number of carbonyl (C=O) groups is 1. The summed E-state index contributed by atoms with van der Waals surface area (Å²) in [6, 6.07) is 9.48. The van der Waals surface area contributed by atoms with Crippen molar-refractivity contribution in [3.63, 3.8) is 0 Å². The lowest BCUT2D eigenvalue weighted by Gasteiger charge is -2.07. The maximum atomic E-state index is 11.2. The van der Waals surface area contributed by atoms with Crippen molar-refractivity contribution in [2.45, 2.75) is 26.1 Å². The van der Waals surface area contributed by atoms with Gasteiger partial charge in [-0.15, -0.1) is 0 Å². The molecule has 1 rings (SSSR count). The highest BCUT2D eigenvalue weighted by atomic mass is 16.5. The van der Waals surface area contributed by atoms with Gasteiger partial charge in [0.2, 0.25) is 0 Å². The minimum absolute atomic E-state index is 0.265. The number of ether oxygens (including phenoxy) is 1. The van der Waals surface area contributed by atoms with Gasteiger partial charge in [0.1, 0.15) is 6.61 Å². The Morgan fingerprint density at radius 3 is 2.75 bits per heavy atom. The van der Waals surface area contributed by atoms with Crippen molar-refractivity contribution < 1.29 is 14.6 Å². The monoisotopic (exact) mass is 223 g/mol. The molecular formula is C12H17NO3. The topological polar surface area (TPSA) is 58.6 Å². The molecule has 0 bridgehead atoms. The molecule has 0 radical (unpaired) electrons. The van der Waals surface area contributed by atoms with E-state index in [1.54, 1.807) is 6.92 Å². The molecule has 0 aliphatic carbocycles. The second-order valence-corrected chi connectivity index (χ2v) is 3.63. The van der Waals surface area contributed by atoms with E-state index >= 15 is 0 Å². The van der Waals surface area contributed by atoms with E-state index in [9.17, 15) is 4.79 Å². The normalized spacial score (nSPS) is 11.9. The summed E-state index contributed by atoms with van der Waals surface area (Å²) in [6.45, 7) is 2.36. The summed E-state index contributed by atoms with van der Waals surface area (Å²) >= 11 is 0. The molecule has 0 heterocycles. The number of amides is 1. The van der Waals surface area contributed by atoms with E-state index < -0.39 is 12.2 Å². The molecule has 0 unspecified atom stereocenters. The summed E-state index contributed by atoms with van der Waals surface area (Å²) < 4.78 is 4.98. The molecular weight excluding hydrogens is 206 g/mol. The SMILES string of the molecule is C[C@@H](O)CCNC(=O)OCc1ccccc1. The number of nitrogens with one attached hydrogen (secondary N) is 1. The third-order valence-electron chi connectivity index (χ3n) is 2.04. The molecule has 1 aromatic rings. The lowest BCUT2D eigenvalue weighted by atomic mass is 10.2. The molecule has 0 saturated carbocycles. The molecule has 0 aliphatic rings. The average molecular weight is 223 g/mol. The van der Waals surface area contributed by atoms with Crippen LogP contribution < -0.4 is 5.32 Å². The predicted molar refractivity (Wildman–Crippen MR) is 60.9 cm³/mol. The highest BCUT2D eigenvalue weighted by Crippen LogP contribution is 2.00. The first-order chi connectivity index (χ1) is 7.68. The Morgan fingerprint density at radius 2 is 2.12 bits per heavy atom. The van der Waals surface area contributed by atoms with Gasteiger partial charge < -0.3 is 15.2 Å². The van der Waals surface area contributed by atoms with Crippen LogP contribution in [0.25, 0.3) is 0 Å². The summed E-state index contributed by atoms with van der Waals surface area (Å²) in [5.74, 6) is 0. The van der Waals surface area contributed by atoms with Gasteiger partial charge in [-0.1, -0.05) is 30.3 Å². The predicted octanol–water partition coefficient (Wildman–Crippen LogP) is 1.68. The molecule has 1 amide bonds. The van der Waals surface area contributed by atoms with Gasteiger partial charge in [-0.3, -0.25) is 0 Å². The minimum atomic E-state index is -0.454. The molecule has 0 aromatic heterocycles. The third kappa shape index (κ3) is 5.36. The van der Waals surface area contributed by atoms with Crippen LogP contribution in [0.5, 0.6) is 0 Å². The van der Waals surface area contributed by atoms with Gasteiger partial charge in [-0.05, 0) is 18.9 Å². The zero-order valence-electron chi connectivity index (χ0n) is 9.35. The van der Waals surface area contributed by atoms with Gasteiger partial charge in [0, 0.05) is 6.54 Å². The zero-order chi connectivity index (χ0) is 11.8. The average Bonchev–Trinajstić information content (AvgIpc) is 2.27. The van der Waals surface area contributed by atoms with Crippen LogP contribution in [0.2, 0.25) is 0 Å². The van der Waals surface area contributed by atoms with E-state index in [1.807, 2.05) is 30.3 Å². The number of aliphatic hydroxyl groups excluding tert-OH is 1. The first kappa shape index (κ1) is 12.5. The number of hydrogen-bond acceptors (Lipinski definition) is 3. The van der Waals surface area contributed by atoms with Crippen molar-refractivity contribution in [2.24, 2.45) is 0 Å². The maximum absolute atomic E-state index is 11.2. The van der Waals surface area contributed by atoms with E-state index in [-0.39, 0.29) is 6.61 Å². The number of alkyl carbamates (subject to hydrolysis) is 1. The smallest absolute Gasteiger partial charge is 0.407 e. The molecule has 0 spiro atoms. The van der Waals surface area contributed by atoms with Crippen LogP contribution in [0.4, 0.5) is 4.79 Å². The standard InChI is InChI=1S/C12H17NO3/c1-10(14)7-8-13-12(15)16-9-11-5-3-2-4-6-11/h2-6,10,14H,7-9H2,1H3,(H,13,15)/t10-/m1/s1. The molecule has 4 heteroatoms. The Kier molecular flexibility index (Phi) is 5.36. The van der Waals surface area contributed by atoms with E-state index in [0.29, 0.717) is 13.0 Å². The number of benzene rings is 1. The van der Waals surface area contributed by atoms with Gasteiger partial charge in [0.15, 0.2) is 0 Å². The van der Waals surface area contributed by atoms with Crippen LogP contribution in [0.3, 0.4) is 0 Å². The molecule has 2 N–H and O–H groups in total. The number of carbonyl (C=O) groups excluding carboxylic acids is 1. The molecule has 4 nitrogen and oxygen atoms in total. The molecule has 1 aromatic carbocycles. The van der Waals surface area contributed by atoms with E-state index in [0.717, 1.165) is 5.56 Å².